The Balaban J connectivity index is 1.37. The Morgan fingerprint density at radius 2 is 1.28 bits per heavy atom. The van der Waals surface area contributed by atoms with Crippen LogP contribution in [0.2, 0.25) is 0 Å². The third-order valence-corrected chi connectivity index (χ3v) is 6.86. The van der Waals surface area contributed by atoms with Gasteiger partial charge in [0.2, 0.25) is 0 Å². The Labute approximate surface area is 230 Å². The summed E-state index contributed by atoms with van der Waals surface area (Å²) in [5.74, 6) is -1.56. The molecule has 0 bridgehead atoms. The maximum atomic E-state index is 14.8. The fraction of sp³-hybridized carbons (Fsp3) is 0.257. The standard InChI is InChI=1S/C35H35F3O/c1-3-4-5-6-7-8-23-39-30-20-22-31(33(36)24-30)27-16-11-26(12-17-27)13-18-29-19-21-32(35(38)34(29)37)28-14-9-25(2)10-15-28/h9-22,24H,3-8,23H2,1-2H3/b18-13+. The third kappa shape index (κ3) is 7.63. The molecule has 202 valence electrons. The second-order valence-corrected chi connectivity index (χ2v) is 9.91. The number of halogens is 3. The van der Waals surface area contributed by atoms with Crippen LogP contribution >= 0.6 is 0 Å². The molecule has 0 amide bonds. The van der Waals surface area contributed by atoms with Crippen LogP contribution in [0.1, 0.15) is 62.1 Å². The van der Waals surface area contributed by atoms with Crippen molar-refractivity contribution >= 4 is 12.2 Å². The van der Waals surface area contributed by atoms with Crippen molar-refractivity contribution in [2.45, 2.75) is 52.4 Å². The second-order valence-electron chi connectivity index (χ2n) is 9.91. The summed E-state index contributed by atoms with van der Waals surface area (Å²) in [6, 6.07) is 22.7. The van der Waals surface area contributed by atoms with E-state index >= 15 is 0 Å². The van der Waals surface area contributed by atoms with Crippen molar-refractivity contribution < 1.29 is 17.9 Å². The maximum absolute atomic E-state index is 14.8. The van der Waals surface area contributed by atoms with Gasteiger partial charge in [0, 0.05) is 22.8 Å². The molecule has 0 atom stereocenters. The van der Waals surface area contributed by atoms with Gasteiger partial charge < -0.3 is 4.74 Å². The summed E-state index contributed by atoms with van der Waals surface area (Å²) in [6.07, 6.45) is 10.3. The van der Waals surface area contributed by atoms with Gasteiger partial charge in [0.1, 0.15) is 11.6 Å². The van der Waals surface area contributed by atoms with E-state index in [0.29, 0.717) is 23.5 Å². The highest BCUT2D eigenvalue weighted by atomic mass is 19.2. The lowest BCUT2D eigenvalue weighted by Crippen LogP contribution is -1.98. The van der Waals surface area contributed by atoms with E-state index in [1.807, 2.05) is 43.3 Å². The molecule has 0 unspecified atom stereocenters. The van der Waals surface area contributed by atoms with Gasteiger partial charge in [-0.05, 0) is 42.2 Å². The van der Waals surface area contributed by atoms with E-state index in [1.165, 1.54) is 31.7 Å². The summed E-state index contributed by atoms with van der Waals surface area (Å²) in [4.78, 5) is 0. The van der Waals surface area contributed by atoms with Gasteiger partial charge in [-0.15, -0.1) is 0 Å². The summed E-state index contributed by atoms with van der Waals surface area (Å²) in [7, 11) is 0. The first kappa shape index (κ1) is 28.2. The molecule has 0 N–H and O–H groups in total. The van der Waals surface area contributed by atoms with E-state index in [-0.39, 0.29) is 16.9 Å². The Kier molecular flexibility index (Phi) is 10.0. The van der Waals surface area contributed by atoms with Crippen molar-refractivity contribution in [3.63, 3.8) is 0 Å². The van der Waals surface area contributed by atoms with E-state index < -0.39 is 11.6 Å². The van der Waals surface area contributed by atoms with Crippen LogP contribution in [0.3, 0.4) is 0 Å². The van der Waals surface area contributed by atoms with Crippen LogP contribution in [0.15, 0.2) is 78.9 Å². The number of unbranched alkanes of at least 4 members (excludes halogenated alkanes) is 5. The van der Waals surface area contributed by atoms with Crippen molar-refractivity contribution in [2.75, 3.05) is 6.61 Å². The molecule has 1 nitrogen and oxygen atoms in total. The SMILES string of the molecule is CCCCCCCCOc1ccc(-c2ccc(/C=C/c3ccc(-c4ccc(C)cc4)c(F)c3F)cc2)c(F)c1. The van der Waals surface area contributed by atoms with Crippen LogP contribution in [0.25, 0.3) is 34.4 Å². The number of rotatable bonds is 12. The number of hydrogen-bond acceptors (Lipinski definition) is 1. The topological polar surface area (TPSA) is 9.23 Å². The van der Waals surface area contributed by atoms with Crippen LogP contribution < -0.4 is 4.74 Å². The second kappa shape index (κ2) is 13.8. The minimum Gasteiger partial charge on any atom is -0.493 e. The van der Waals surface area contributed by atoms with E-state index in [4.69, 9.17) is 4.74 Å². The van der Waals surface area contributed by atoms with Gasteiger partial charge in [-0.25, -0.2) is 13.2 Å². The molecule has 0 fully saturated rings. The molecule has 0 heterocycles. The van der Waals surface area contributed by atoms with Gasteiger partial charge in [-0.3, -0.25) is 0 Å². The summed E-state index contributed by atoms with van der Waals surface area (Å²) in [6.45, 7) is 4.73. The minimum absolute atomic E-state index is 0.162. The third-order valence-electron chi connectivity index (χ3n) is 6.86. The molecule has 0 aromatic heterocycles. The van der Waals surface area contributed by atoms with Crippen molar-refractivity contribution in [3.8, 4) is 28.0 Å². The van der Waals surface area contributed by atoms with Gasteiger partial charge in [0.15, 0.2) is 11.6 Å². The molecule has 39 heavy (non-hydrogen) atoms. The molecule has 4 heteroatoms. The van der Waals surface area contributed by atoms with Crippen molar-refractivity contribution in [3.05, 3.63) is 113 Å². The number of benzene rings is 4. The monoisotopic (exact) mass is 528 g/mol. The van der Waals surface area contributed by atoms with Gasteiger partial charge >= 0.3 is 0 Å². The first-order valence-corrected chi connectivity index (χ1v) is 13.7. The lowest BCUT2D eigenvalue weighted by molar-refractivity contribution is 0.303. The van der Waals surface area contributed by atoms with Gasteiger partial charge in [-0.2, -0.15) is 0 Å². The Morgan fingerprint density at radius 1 is 0.641 bits per heavy atom. The first-order chi connectivity index (χ1) is 19.0. The summed E-state index contributed by atoms with van der Waals surface area (Å²) < 4.78 is 50.1. The van der Waals surface area contributed by atoms with Crippen LogP contribution in [0.4, 0.5) is 13.2 Å². The zero-order chi connectivity index (χ0) is 27.6. The van der Waals surface area contributed by atoms with Gasteiger partial charge in [0.25, 0.3) is 0 Å². The van der Waals surface area contributed by atoms with Crippen LogP contribution in [0, 0.1) is 24.4 Å². The minimum atomic E-state index is -0.887. The summed E-state index contributed by atoms with van der Waals surface area (Å²) in [5.41, 5.74) is 4.08. The highest BCUT2D eigenvalue weighted by molar-refractivity contribution is 5.74. The first-order valence-electron chi connectivity index (χ1n) is 13.7. The lowest BCUT2D eigenvalue weighted by atomic mass is 10.0. The quantitative estimate of drug-likeness (QED) is 0.131. The smallest absolute Gasteiger partial charge is 0.167 e. The van der Waals surface area contributed by atoms with Crippen LogP contribution in [-0.4, -0.2) is 6.61 Å². The van der Waals surface area contributed by atoms with Crippen molar-refractivity contribution in [1.29, 1.82) is 0 Å². The highest BCUT2D eigenvalue weighted by Gasteiger charge is 2.13. The molecule has 0 radical (unpaired) electrons. The van der Waals surface area contributed by atoms with E-state index in [2.05, 4.69) is 6.92 Å². The lowest BCUT2D eigenvalue weighted by Gasteiger charge is -2.09. The molecule has 4 rings (SSSR count). The zero-order valence-electron chi connectivity index (χ0n) is 22.7. The Morgan fingerprint density at radius 3 is 2.00 bits per heavy atom. The Bertz CT molecular complexity index is 1390. The van der Waals surface area contributed by atoms with E-state index in [0.717, 1.165) is 29.5 Å². The summed E-state index contributed by atoms with van der Waals surface area (Å²) in [5, 5.41) is 0. The fourth-order valence-corrected chi connectivity index (χ4v) is 4.50. The predicted molar refractivity (Wildman–Crippen MR) is 156 cm³/mol. The molecule has 0 saturated heterocycles. The van der Waals surface area contributed by atoms with Gasteiger partial charge in [-0.1, -0.05) is 117 Å². The average molecular weight is 529 g/mol. The average Bonchev–Trinajstić information content (AvgIpc) is 2.94. The molecule has 4 aromatic rings. The van der Waals surface area contributed by atoms with Crippen molar-refractivity contribution in [2.24, 2.45) is 0 Å². The molecular weight excluding hydrogens is 493 g/mol. The molecule has 0 aliphatic rings. The van der Waals surface area contributed by atoms with E-state index in [9.17, 15) is 13.2 Å². The predicted octanol–water partition coefficient (Wildman–Crippen LogP) is 10.7. The number of ether oxygens (including phenoxy) is 1. The fourth-order valence-electron chi connectivity index (χ4n) is 4.50. The maximum Gasteiger partial charge on any atom is 0.167 e. The molecular formula is C35H35F3O. The highest BCUT2D eigenvalue weighted by Crippen LogP contribution is 2.29. The normalized spacial score (nSPS) is 11.3. The molecule has 0 saturated carbocycles. The van der Waals surface area contributed by atoms with Crippen LogP contribution in [0.5, 0.6) is 5.75 Å². The molecule has 0 aliphatic carbocycles. The molecule has 4 aromatic carbocycles. The van der Waals surface area contributed by atoms with Crippen LogP contribution in [-0.2, 0) is 0 Å². The van der Waals surface area contributed by atoms with E-state index in [1.54, 1.807) is 48.6 Å². The Hall–Kier alpha value is -3.79. The van der Waals surface area contributed by atoms with Crippen molar-refractivity contribution in [1.82, 2.24) is 0 Å². The number of aryl methyl sites for hydroxylation is 1. The molecule has 0 spiro atoms. The zero-order valence-corrected chi connectivity index (χ0v) is 22.7. The largest absolute Gasteiger partial charge is 0.493 e. The number of hydrogen-bond donors (Lipinski definition) is 0. The summed E-state index contributed by atoms with van der Waals surface area (Å²) >= 11 is 0. The molecule has 0 aliphatic heterocycles. The van der Waals surface area contributed by atoms with Gasteiger partial charge in [0.05, 0.1) is 6.61 Å².